The second-order valence-corrected chi connectivity index (χ2v) is 6.36. The normalized spacial score (nSPS) is 11.3. The van der Waals surface area contributed by atoms with Gasteiger partial charge in [-0.1, -0.05) is 59.8 Å². The third-order valence-corrected chi connectivity index (χ3v) is 4.47. The zero-order valence-electron chi connectivity index (χ0n) is 17.5. The van der Waals surface area contributed by atoms with Gasteiger partial charge in [-0.25, -0.2) is 0 Å². The van der Waals surface area contributed by atoms with Crippen molar-refractivity contribution in [1.82, 2.24) is 0 Å². The van der Waals surface area contributed by atoms with E-state index in [2.05, 4.69) is 15.7 Å². The molecule has 0 aliphatic carbocycles. The van der Waals surface area contributed by atoms with Crippen molar-refractivity contribution in [3.63, 3.8) is 0 Å². The fraction of sp³-hybridized carbons (Fsp3) is 0.125. The highest BCUT2D eigenvalue weighted by molar-refractivity contribution is 6.64. The number of benzene rings is 3. The van der Waals surface area contributed by atoms with Gasteiger partial charge in [-0.2, -0.15) is 5.10 Å². The summed E-state index contributed by atoms with van der Waals surface area (Å²) in [5.41, 5.74) is 6.02. The van der Waals surface area contributed by atoms with E-state index in [1.54, 1.807) is 44.6 Å². The van der Waals surface area contributed by atoms with E-state index >= 15 is 0 Å². The van der Waals surface area contributed by atoms with Crippen LogP contribution in [0.3, 0.4) is 0 Å². The van der Waals surface area contributed by atoms with Gasteiger partial charge in [0.05, 0.1) is 20.4 Å². The minimum Gasteiger partial charge on any atom is -0.497 e. The molecule has 158 valence electrons. The first-order chi connectivity index (χ1) is 15.2. The Morgan fingerprint density at radius 1 is 0.871 bits per heavy atom. The molecule has 0 fully saturated rings. The molecule has 0 amide bonds. The van der Waals surface area contributed by atoms with Crippen molar-refractivity contribution >= 4 is 23.4 Å². The number of carbonyl (C=O) groups excluding carboxylic acids is 1. The Bertz CT molecular complexity index is 1080. The molecule has 0 radical (unpaired) electrons. The molecule has 31 heavy (non-hydrogen) atoms. The zero-order valence-corrected chi connectivity index (χ0v) is 17.5. The lowest BCUT2D eigenvalue weighted by molar-refractivity contribution is 0.106. The van der Waals surface area contributed by atoms with Gasteiger partial charge in [0.1, 0.15) is 24.3 Å². The van der Waals surface area contributed by atoms with Crippen LogP contribution in [0.2, 0.25) is 0 Å². The lowest BCUT2D eigenvalue weighted by atomic mass is 10.0. The Morgan fingerprint density at radius 3 is 2.23 bits per heavy atom. The Kier molecular flexibility index (Phi) is 7.37. The first-order valence-electron chi connectivity index (χ1n) is 9.48. The average molecular weight is 417 g/mol. The molecule has 3 rings (SSSR count). The van der Waals surface area contributed by atoms with Crippen molar-refractivity contribution in [2.75, 3.05) is 26.8 Å². The van der Waals surface area contributed by atoms with Crippen molar-refractivity contribution in [1.29, 1.82) is 0 Å². The average Bonchev–Trinajstić information content (AvgIpc) is 2.84. The molecule has 0 aliphatic rings. The second-order valence-electron chi connectivity index (χ2n) is 6.36. The Morgan fingerprint density at radius 2 is 1.58 bits per heavy atom. The van der Waals surface area contributed by atoms with Crippen molar-refractivity contribution in [2.45, 2.75) is 0 Å². The largest absolute Gasteiger partial charge is 0.497 e. The van der Waals surface area contributed by atoms with Crippen LogP contribution in [0.25, 0.3) is 11.1 Å². The molecule has 7 heteroatoms. The van der Waals surface area contributed by atoms with Gasteiger partial charge in [0, 0.05) is 11.6 Å². The van der Waals surface area contributed by atoms with Crippen LogP contribution < -0.4 is 14.9 Å². The number of rotatable bonds is 9. The monoisotopic (exact) mass is 417 g/mol. The fourth-order valence-electron chi connectivity index (χ4n) is 2.86. The smallest absolute Gasteiger partial charge is 0.214 e. The van der Waals surface area contributed by atoms with Gasteiger partial charge in [-0.05, 0) is 23.3 Å². The molecule has 0 saturated heterocycles. The molecule has 7 nitrogen and oxygen atoms in total. The number of anilines is 1. The number of hydrogen-bond donors (Lipinski definition) is 1. The number of carbonyl (C=O) groups is 1. The first-order valence-corrected chi connectivity index (χ1v) is 9.48. The number of ketones is 1. The Labute approximate surface area is 181 Å². The summed E-state index contributed by atoms with van der Waals surface area (Å²) >= 11 is 0. The van der Waals surface area contributed by atoms with Crippen LogP contribution in [0.4, 0.5) is 5.69 Å². The summed E-state index contributed by atoms with van der Waals surface area (Å²) in [6.45, 7) is 0. The van der Waals surface area contributed by atoms with Crippen LogP contribution in [0, 0.1) is 0 Å². The van der Waals surface area contributed by atoms with Crippen molar-refractivity contribution in [3.8, 4) is 22.6 Å². The summed E-state index contributed by atoms with van der Waals surface area (Å²) < 4.78 is 10.6. The Balaban J connectivity index is 1.87. The lowest BCUT2D eigenvalue weighted by Crippen LogP contribution is -2.18. The molecule has 0 heterocycles. The molecule has 0 aromatic heterocycles. The minimum atomic E-state index is -0.310. The van der Waals surface area contributed by atoms with E-state index in [-0.39, 0.29) is 11.5 Å². The second kappa shape index (κ2) is 10.6. The van der Waals surface area contributed by atoms with Gasteiger partial charge in [0.2, 0.25) is 5.78 Å². The molecule has 0 atom stereocenters. The summed E-state index contributed by atoms with van der Waals surface area (Å²) in [5, 5.41) is 7.92. The number of nitrogens with one attached hydrogen (secondary N) is 1. The number of nitrogens with zero attached hydrogens (tertiary/aromatic N) is 2. The topological polar surface area (TPSA) is 81.5 Å². The molecule has 0 spiro atoms. The van der Waals surface area contributed by atoms with E-state index in [9.17, 15) is 4.79 Å². The van der Waals surface area contributed by atoms with E-state index in [1.807, 2.05) is 42.5 Å². The van der Waals surface area contributed by atoms with Crippen LogP contribution in [0.15, 0.2) is 83.1 Å². The standard InChI is InChI=1S/C24H23N3O4/c1-29-20-13-14-23(30-2)21(15-20)26-27-22(16-25-31-3)24(28)19-11-9-18(10-12-19)17-7-5-4-6-8-17/h4-16,26H,1-3H3/b25-16-,27-22-. The number of Topliss-reactive ketones (excluding diaryl/α,β-unsaturated/α-hetero) is 1. The van der Waals surface area contributed by atoms with E-state index in [4.69, 9.17) is 14.3 Å². The van der Waals surface area contributed by atoms with E-state index in [0.717, 1.165) is 11.1 Å². The quantitative estimate of drug-likeness (QED) is 0.311. The molecular formula is C24H23N3O4. The van der Waals surface area contributed by atoms with Crippen LogP contribution in [-0.2, 0) is 4.84 Å². The summed E-state index contributed by atoms with van der Waals surface area (Å²) in [7, 11) is 4.50. The van der Waals surface area contributed by atoms with Gasteiger partial charge in [-0.15, -0.1) is 0 Å². The summed E-state index contributed by atoms with van der Waals surface area (Å²) in [6, 6.07) is 22.5. The first kappa shape index (κ1) is 21.6. The molecule has 0 bridgehead atoms. The Hall–Kier alpha value is -4.13. The summed E-state index contributed by atoms with van der Waals surface area (Å²) in [6.07, 6.45) is 1.26. The van der Waals surface area contributed by atoms with Crippen molar-refractivity contribution in [3.05, 3.63) is 78.4 Å². The maximum absolute atomic E-state index is 13.0. The van der Waals surface area contributed by atoms with Gasteiger partial charge in [-0.3, -0.25) is 10.2 Å². The minimum absolute atomic E-state index is 0.0687. The molecular weight excluding hydrogens is 394 g/mol. The lowest BCUT2D eigenvalue weighted by Gasteiger charge is -2.10. The maximum atomic E-state index is 13.0. The number of ether oxygens (including phenoxy) is 2. The van der Waals surface area contributed by atoms with Crippen molar-refractivity contribution < 1.29 is 19.1 Å². The highest BCUT2D eigenvalue weighted by atomic mass is 16.6. The van der Waals surface area contributed by atoms with Crippen LogP contribution in [-0.4, -0.2) is 39.0 Å². The van der Waals surface area contributed by atoms with Crippen LogP contribution in [0.1, 0.15) is 10.4 Å². The molecule has 1 N–H and O–H groups in total. The van der Waals surface area contributed by atoms with Crippen molar-refractivity contribution in [2.24, 2.45) is 10.3 Å². The maximum Gasteiger partial charge on any atom is 0.214 e. The predicted molar refractivity (Wildman–Crippen MR) is 122 cm³/mol. The third-order valence-electron chi connectivity index (χ3n) is 4.47. The van der Waals surface area contributed by atoms with Gasteiger partial charge >= 0.3 is 0 Å². The van der Waals surface area contributed by atoms with E-state index in [1.165, 1.54) is 13.3 Å². The van der Waals surface area contributed by atoms with E-state index in [0.29, 0.717) is 22.7 Å². The molecule has 3 aromatic carbocycles. The summed E-state index contributed by atoms with van der Waals surface area (Å²) in [4.78, 5) is 17.8. The van der Waals surface area contributed by atoms with Gasteiger partial charge in [0.25, 0.3) is 0 Å². The third kappa shape index (κ3) is 5.48. The highest BCUT2D eigenvalue weighted by Gasteiger charge is 2.14. The SMILES string of the molecule is CO/N=C\C(=N\Nc1cc(OC)ccc1OC)C(=O)c1ccc(-c2ccccc2)cc1. The number of methoxy groups -OCH3 is 2. The van der Waals surface area contributed by atoms with Gasteiger partial charge in [0.15, 0.2) is 5.71 Å². The fourth-order valence-corrected chi connectivity index (χ4v) is 2.86. The van der Waals surface area contributed by atoms with Crippen LogP contribution in [0.5, 0.6) is 11.5 Å². The number of hydrazone groups is 1. The predicted octanol–water partition coefficient (Wildman–Crippen LogP) is 4.65. The zero-order chi connectivity index (χ0) is 22.1. The van der Waals surface area contributed by atoms with E-state index < -0.39 is 0 Å². The molecule has 0 unspecified atom stereocenters. The molecule has 0 aliphatic heterocycles. The number of oxime groups is 1. The highest BCUT2D eigenvalue weighted by Crippen LogP contribution is 2.29. The summed E-state index contributed by atoms with van der Waals surface area (Å²) in [5.74, 6) is 0.857. The van der Waals surface area contributed by atoms with Gasteiger partial charge < -0.3 is 14.3 Å². The molecule has 0 saturated carbocycles. The number of hydrogen-bond acceptors (Lipinski definition) is 7. The van der Waals surface area contributed by atoms with Crippen LogP contribution >= 0.6 is 0 Å². The molecule has 3 aromatic rings.